The Morgan fingerprint density at radius 2 is 1.92 bits per heavy atom. The average molecular weight is 167 g/mol. The van der Waals surface area contributed by atoms with Crippen LogP contribution in [-0.4, -0.2) is 18.6 Å². The van der Waals surface area contributed by atoms with Crippen LogP contribution in [0.15, 0.2) is 0 Å². The van der Waals surface area contributed by atoms with E-state index in [-0.39, 0.29) is 6.04 Å². The van der Waals surface area contributed by atoms with Gasteiger partial charge in [0.15, 0.2) is 6.67 Å². The summed E-state index contributed by atoms with van der Waals surface area (Å²) < 4.78 is 11.7. The first-order chi connectivity index (χ1) is 5.74. The Morgan fingerprint density at radius 3 is 2.25 bits per heavy atom. The number of alkyl halides is 1. The van der Waals surface area contributed by atoms with Crippen LogP contribution in [0.2, 0.25) is 0 Å². The zero-order valence-electron chi connectivity index (χ0n) is 6.64. The number of rotatable bonds is 4. The lowest BCUT2D eigenvalue weighted by molar-refractivity contribution is -0.122. The van der Waals surface area contributed by atoms with Crippen molar-refractivity contribution in [2.45, 2.75) is 18.9 Å². The molecule has 12 heavy (non-hydrogen) atoms. The van der Waals surface area contributed by atoms with E-state index in [0.717, 1.165) is 0 Å². The van der Waals surface area contributed by atoms with Crippen LogP contribution in [0.4, 0.5) is 4.39 Å². The second kappa shape index (κ2) is 6.24. The second-order valence-electron chi connectivity index (χ2n) is 2.21. The van der Waals surface area contributed by atoms with Crippen molar-refractivity contribution >= 4 is 5.91 Å². The Balaban J connectivity index is 3.89. The van der Waals surface area contributed by atoms with E-state index in [1.807, 2.05) is 0 Å². The van der Waals surface area contributed by atoms with E-state index in [1.165, 1.54) is 0 Å². The molecule has 0 spiro atoms. The lowest BCUT2D eigenvalue weighted by Gasteiger charge is -2.11. The van der Waals surface area contributed by atoms with Crippen molar-refractivity contribution < 1.29 is 9.18 Å². The van der Waals surface area contributed by atoms with Crippen LogP contribution >= 0.6 is 0 Å². The minimum Gasteiger partial charge on any atom is -0.349 e. The highest BCUT2D eigenvalue weighted by Crippen LogP contribution is 1.95. The molecule has 0 aromatic heterocycles. The largest absolute Gasteiger partial charge is 0.349 e. The molecular weight excluding hydrogens is 157 g/mol. The van der Waals surface area contributed by atoms with Crippen LogP contribution in [0.25, 0.3) is 0 Å². The van der Waals surface area contributed by atoms with Crippen LogP contribution in [0.5, 0.6) is 0 Å². The Bertz CT molecular complexity index is 208. The second-order valence-corrected chi connectivity index (χ2v) is 2.21. The number of halogens is 1. The Labute approximate surface area is 71.5 Å². The molecule has 0 aliphatic rings. The van der Waals surface area contributed by atoms with Crippen LogP contribution in [0, 0.1) is 24.7 Å². The van der Waals surface area contributed by atoms with Crippen molar-refractivity contribution in [3.05, 3.63) is 0 Å². The summed E-state index contributed by atoms with van der Waals surface area (Å²) in [6, 6.07) is -0.303. The van der Waals surface area contributed by atoms with E-state index >= 15 is 0 Å². The van der Waals surface area contributed by atoms with E-state index in [1.54, 1.807) is 0 Å². The number of terminal acetylenes is 2. The highest BCUT2D eigenvalue weighted by atomic mass is 19.1. The minimum absolute atomic E-state index is 0.303. The fourth-order valence-electron chi connectivity index (χ4n) is 0.725. The topological polar surface area (TPSA) is 29.1 Å². The molecule has 0 heterocycles. The van der Waals surface area contributed by atoms with Gasteiger partial charge in [-0.15, -0.1) is 24.7 Å². The van der Waals surface area contributed by atoms with Gasteiger partial charge in [-0.2, -0.15) is 0 Å². The fourth-order valence-corrected chi connectivity index (χ4v) is 0.725. The molecule has 3 heteroatoms. The van der Waals surface area contributed by atoms with Gasteiger partial charge in [0.25, 0.3) is 5.91 Å². The zero-order chi connectivity index (χ0) is 9.40. The summed E-state index contributed by atoms with van der Waals surface area (Å²) in [6.45, 7) is -1.04. The van der Waals surface area contributed by atoms with Crippen molar-refractivity contribution in [2.75, 3.05) is 6.67 Å². The lowest BCUT2D eigenvalue weighted by Crippen LogP contribution is -2.35. The number of carbonyl (C=O) groups is 1. The first kappa shape index (κ1) is 10.5. The molecule has 0 unspecified atom stereocenters. The van der Waals surface area contributed by atoms with Crippen molar-refractivity contribution in [3.8, 4) is 24.7 Å². The molecule has 2 nitrogen and oxygen atoms in total. The molecule has 0 aromatic carbocycles. The SMILES string of the molecule is C#CCC(CC#C)NC(=O)CF. The zero-order valence-corrected chi connectivity index (χ0v) is 6.64. The number of hydrogen-bond acceptors (Lipinski definition) is 1. The lowest BCUT2D eigenvalue weighted by atomic mass is 10.1. The summed E-state index contributed by atoms with van der Waals surface area (Å²) in [5.74, 6) is 4.02. The van der Waals surface area contributed by atoms with Gasteiger partial charge in [0.2, 0.25) is 0 Å². The molecule has 0 atom stereocenters. The van der Waals surface area contributed by atoms with Crippen molar-refractivity contribution in [1.29, 1.82) is 0 Å². The number of nitrogens with one attached hydrogen (secondary N) is 1. The van der Waals surface area contributed by atoms with Crippen molar-refractivity contribution in [1.82, 2.24) is 5.32 Å². The molecule has 0 aliphatic carbocycles. The quantitative estimate of drug-likeness (QED) is 0.606. The molecule has 0 saturated heterocycles. The van der Waals surface area contributed by atoms with Crippen LogP contribution in [0.1, 0.15) is 12.8 Å². The van der Waals surface area contributed by atoms with Gasteiger partial charge in [-0.25, -0.2) is 4.39 Å². The highest BCUT2D eigenvalue weighted by molar-refractivity contribution is 5.77. The van der Waals surface area contributed by atoms with Gasteiger partial charge in [0, 0.05) is 12.8 Å². The third-order valence-corrected chi connectivity index (χ3v) is 1.21. The number of carbonyl (C=O) groups excluding carboxylic acids is 1. The van der Waals surface area contributed by atoms with E-state index in [0.29, 0.717) is 12.8 Å². The van der Waals surface area contributed by atoms with E-state index in [4.69, 9.17) is 12.8 Å². The third kappa shape index (κ3) is 4.35. The van der Waals surface area contributed by atoms with Gasteiger partial charge in [-0.3, -0.25) is 4.79 Å². The standard InChI is InChI=1S/C9H10FNO/c1-3-5-8(6-4-2)11-9(12)7-10/h1-2,8H,5-7H2,(H,11,12). The van der Waals surface area contributed by atoms with Crippen LogP contribution in [0.3, 0.4) is 0 Å². The number of amides is 1. The molecule has 64 valence electrons. The Kier molecular flexibility index (Phi) is 5.47. The van der Waals surface area contributed by atoms with E-state index in [2.05, 4.69) is 17.2 Å². The maximum atomic E-state index is 11.7. The Hall–Kier alpha value is -1.48. The van der Waals surface area contributed by atoms with Gasteiger partial charge in [0.1, 0.15) is 0 Å². The summed E-state index contributed by atoms with van der Waals surface area (Å²) >= 11 is 0. The molecule has 0 bridgehead atoms. The predicted octanol–water partition coefficient (Wildman–Crippen LogP) is 0.487. The summed E-state index contributed by atoms with van der Waals surface area (Å²) in [5.41, 5.74) is 0. The van der Waals surface area contributed by atoms with Gasteiger partial charge in [-0.05, 0) is 0 Å². The third-order valence-electron chi connectivity index (χ3n) is 1.21. The van der Waals surface area contributed by atoms with E-state index in [9.17, 15) is 9.18 Å². The Morgan fingerprint density at radius 1 is 1.42 bits per heavy atom. The molecule has 1 N–H and O–H groups in total. The molecule has 0 aliphatic heterocycles. The molecule has 0 saturated carbocycles. The summed E-state index contributed by atoms with van der Waals surface area (Å²) in [4.78, 5) is 10.5. The maximum absolute atomic E-state index is 11.7. The van der Waals surface area contributed by atoms with Gasteiger partial charge in [0.05, 0.1) is 6.04 Å². The van der Waals surface area contributed by atoms with Gasteiger partial charge in [-0.1, -0.05) is 0 Å². The normalized spacial score (nSPS) is 8.67. The first-order valence-electron chi connectivity index (χ1n) is 3.46. The van der Waals surface area contributed by atoms with Crippen LogP contribution in [-0.2, 0) is 4.79 Å². The van der Waals surface area contributed by atoms with E-state index < -0.39 is 12.6 Å². The summed E-state index contributed by atoms with van der Waals surface area (Å²) in [6.07, 6.45) is 10.7. The van der Waals surface area contributed by atoms with Gasteiger partial charge >= 0.3 is 0 Å². The molecular formula is C9H10FNO. The average Bonchev–Trinajstić information content (AvgIpc) is 2.05. The summed E-state index contributed by atoms with van der Waals surface area (Å²) in [7, 11) is 0. The first-order valence-corrected chi connectivity index (χ1v) is 3.46. The number of hydrogen-bond donors (Lipinski definition) is 1. The molecule has 1 amide bonds. The fraction of sp³-hybridized carbons (Fsp3) is 0.444. The molecule has 0 aromatic rings. The molecule has 0 radical (unpaired) electrons. The van der Waals surface area contributed by atoms with Crippen molar-refractivity contribution in [2.24, 2.45) is 0 Å². The maximum Gasteiger partial charge on any atom is 0.251 e. The van der Waals surface area contributed by atoms with Gasteiger partial charge < -0.3 is 5.32 Å². The minimum atomic E-state index is -1.04. The highest BCUT2D eigenvalue weighted by Gasteiger charge is 2.08. The summed E-state index contributed by atoms with van der Waals surface area (Å²) in [5, 5.41) is 2.37. The molecule has 0 rings (SSSR count). The molecule has 0 fully saturated rings. The predicted molar refractivity (Wildman–Crippen MR) is 44.8 cm³/mol. The monoisotopic (exact) mass is 167 g/mol. The van der Waals surface area contributed by atoms with Crippen LogP contribution < -0.4 is 5.32 Å². The van der Waals surface area contributed by atoms with Crippen molar-refractivity contribution in [3.63, 3.8) is 0 Å². The smallest absolute Gasteiger partial charge is 0.251 e.